The lowest BCUT2D eigenvalue weighted by Crippen LogP contribution is -2.30. The van der Waals surface area contributed by atoms with Crippen LogP contribution < -0.4 is 5.32 Å². The smallest absolute Gasteiger partial charge is 0.338 e. The van der Waals surface area contributed by atoms with E-state index < -0.39 is 23.8 Å². The second-order valence-electron chi connectivity index (χ2n) is 5.54. The Morgan fingerprint density at radius 3 is 2.58 bits per heavy atom. The summed E-state index contributed by atoms with van der Waals surface area (Å²) in [6, 6.07) is 13.9. The second-order valence-corrected chi connectivity index (χ2v) is 5.54. The van der Waals surface area contributed by atoms with Gasteiger partial charge in [-0.15, -0.1) is 0 Å². The van der Waals surface area contributed by atoms with E-state index in [0.29, 0.717) is 11.3 Å². The maximum atomic E-state index is 13.1. The van der Waals surface area contributed by atoms with Crippen molar-refractivity contribution in [1.82, 2.24) is 9.78 Å². The first-order valence-corrected chi connectivity index (χ1v) is 7.90. The number of nitrogens with one attached hydrogen (secondary N) is 1. The molecular weight excluding hydrogens is 337 g/mol. The van der Waals surface area contributed by atoms with Gasteiger partial charge in [0.1, 0.15) is 5.82 Å². The molecule has 1 heterocycles. The molecule has 26 heavy (non-hydrogen) atoms. The van der Waals surface area contributed by atoms with Crippen LogP contribution in [0.5, 0.6) is 0 Å². The van der Waals surface area contributed by atoms with Crippen LogP contribution in [0.15, 0.2) is 67.0 Å². The highest BCUT2D eigenvalue weighted by molar-refractivity contribution is 5.97. The van der Waals surface area contributed by atoms with Gasteiger partial charge in [-0.2, -0.15) is 5.10 Å². The van der Waals surface area contributed by atoms with Gasteiger partial charge in [0.15, 0.2) is 6.10 Å². The van der Waals surface area contributed by atoms with E-state index in [-0.39, 0.29) is 0 Å². The molecule has 1 N–H and O–H groups in total. The maximum absolute atomic E-state index is 13.1. The molecule has 0 spiro atoms. The van der Waals surface area contributed by atoms with E-state index in [1.807, 2.05) is 0 Å². The number of halogens is 1. The summed E-state index contributed by atoms with van der Waals surface area (Å²) < 4.78 is 20.0. The Kier molecular flexibility index (Phi) is 5.07. The Balaban J connectivity index is 1.60. The van der Waals surface area contributed by atoms with Gasteiger partial charge >= 0.3 is 5.97 Å². The summed E-state index contributed by atoms with van der Waals surface area (Å²) in [6.45, 7) is 1.45. The number of aromatic nitrogens is 2. The van der Waals surface area contributed by atoms with Crippen molar-refractivity contribution in [2.24, 2.45) is 0 Å². The number of hydrogen-bond acceptors (Lipinski definition) is 4. The summed E-state index contributed by atoms with van der Waals surface area (Å²) in [7, 11) is 0. The van der Waals surface area contributed by atoms with Crippen molar-refractivity contribution in [3.63, 3.8) is 0 Å². The first kappa shape index (κ1) is 17.3. The Morgan fingerprint density at radius 1 is 1.15 bits per heavy atom. The Labute approximate surface area is 149 Å². The summed E-state index contributed by atoms with van der Waals surface area (Å²) >= 11 is 0. The van der Waals surface area contributed by atoms with Crippen LogP contribution in [0.2, 0.25) is 0 Å². The van der Waals surface area contributed by atoms with Crippen molar-refractivity contribution in [3.05, 3.63) is 78.4 Å². The molecule has 1 aromatic heterocycles. The van der Waals surface area contributed by atoms with Gasteiger partial charge in [0.2, 0.25) is 0 Å². The minimum absolute atomic E-state index is 0.293. The highest BCUT2D eigenvalue weighted by Crippen LogP contribution is 2.13. The summed E-state index contributed by atoms with van der Waals surface area (Å²) in [6.07, 6.45) is 2.41. The van der Waals surface area contributed by atoms with Gasteiger partial charge in [-0.3, -0.25) is 4.79 Å². The van der Waals surface area contributed by atoms with Gasteiger partial charge in [-0.25, -0.2) is 13.9 Å². The van der Waals surface area contributed by atoms with Crippen LogP contribution in [0.3, 0.4) is 0 Å². The normalized spacial score (nSPS) is 11.6. The van der Waals surface area contributed by atoms with Crippen LogP contribution >= 0.6 is 0 Å². The number of amides is 1. The van der Waals surface area contributed by atoms with E-state index >= 15 is 0 Å². The molecule has 0 aliphatic carbocycles. The van der Waals surface area contributed by atoms with Crippen molar-refractivity contribution >= 4 is 17.6 Å². The van der Waals surface area contributed by atoms with Gasteiger partial charge in [0.25, 0.3) is 5.91 Å². The molecule has 1 amide bonds. The number of hydrogen-bond donors (Lipinski definition) is 1. The minimum atomic E-state index is -1.03. The molecule has 0 aliphatic heterocycles. The zero-order valence-corrected chi connectivity index (χ0v) is 13.9. The lowest BCUT2D eigenvalue weighted by molar-refractivity contribution is -0.123. The van der Waals surface area contributed by atoms with Crippen LogP contribution in [-0.4, -0.2) is 27.8 Å². The largest absolute Gasteiger partial charge is 0.449 e. The predicted molar refractivity (Wildman–Crippen MR) is 93.5 cm³/mol. The zero-order valence-electron chi connectivity index (χ0n) is 13.9. The van der Waals surface area contributed by atoms with Crippen LogP contribution in [0.25, 0.3) is 5.69 Å². The number of ether oxygens (including phenoxy) is 1. The fourth-order valence-corrected chi connectivity index (χ4v) is 2.26. The predicted octanol–water partition coefficient (Wildman–Crippen LogP) is 3.20. The molecule has 0 bridgehead atoms. The average Bonchev–Trinajstić information content (AvgIpc) is 3.16. The average molecular weight is 353 g/mol. The van der Waals surface area contributed by atoms with Gasteiger partial charge in [0, 0.05) is 18.1 Å². The maximum Gasteiger partial charge on any atom is 0.338 e. The SMILES string of the molecule is C[C@H](OC(=O)c1ccc(-n2cccn2)cc1)C(=O)Nc1cccc(F)c1. The number of carbonyl (C=O) groups is 2. The molecule has 7 heteroatoms. The quantitative estimate of drug-likeness (QED) is 0.715. The standard InChI is InChI=1S/C19H16FN3O3/c1-13(18(24)22-16-5-2-4-15(20)12-16)26-19(25)14-6-8-17(9-7-14)23-11-3-10-21-23/h2-13H,1H3,(H,22,24)/t13-/m0/s1. The molecule has 0 radical (unpaired) electrons. The fourth-order valence-electron chi connectivity index (χ4n) is 2.26. The number of anilines is 1. The van der Waals surface area contributed by atoms with E-state index in [1.54, 1.807) is 53.5 Å². The Morgan fingerprint density at radius 2 is 1.92 bits per heavy atom. The molecular formula is C19H16FN3O3. The van der Waals surface area contributed by atoms with E-state index in [9.17, 15) is 14.0 Å². The van der Waals surface area contributed by atoms with E-state index in [1.165, 1.54) is 25.1 Å². The third-order valence-corrected chi connectivity index (χ3v) is 3.62. The fraction of sp³-hybridized carbons (Fsp3) is 0.105. The van der Waals surface area contributed by atoms with Crippen LogP contribution in [0.4, 0.5) is 10.1 Å². The monoisotopic (exact) mass is 353 g/mol. The van der Waals surface area contributed by atoms with Crippen molar-refractivity contribution in [3.8, 4) is 5.69 Å². The van der Waals surface area contributed by atoms with Crippen LogP contribution in [-0.2, 0) is 9.53 Å². The van der Waals surface area contributed by atoms with Crippen molar-refractivity contribution in [2.75, 3.05) is 5.32 Å². The van der Waals surface area contributed by atoms with Crippen LogP contribution in [0, 0.1) is 5.82 Å². The first-order valence-electron chi connectivity index (χ1n) is 7.90. The lowest BCUT2D eigenvalue weighted by atomic mass is 10.2. The van der Waals surface area contributed by atoms with E-state index in [4.69, 9.17) is 4.74 Å². The highest BCUT2D eigenvalue weighted by Gasteiger charge is 2.19. The molecule has 6 nitrogen and oxygen atoms in total. The molecule has 3 aromatic rings. The van der Waals surface area contributed by atoms with E-state index in [2.05, 4.69) is 10.4 Å². The third-order valence-electron chi connectivity index (χ3n) is 3.62. The first-order chi connectivity index (χ1) is 12.5. The Bertz CT molecular complexity index is 908. The number of benzene rings is 2. The number of nitrogens with zero attached hydrogens (tertiary/aromatic N) is 2. The number of esters is 1. The highest BCUT2D eigenvalue weighted by atomic mass is 19.1. The Hall–Kier alpha value is -3.48. The number of carbonyl (C=O) groups excluding carboxylic acids is 2. The summed E-state index contributed by atoms with van der Waals surface area (Å²) in [5.74, 6) is -1.64. The molecule has 0 saturated heterocycles. The molecule has 3 rings (SSSR count). The van der Waals surface area contributed by atoms with Gasteiger partial charge in [0.05, 0.1) is 11.3 Å². The summed E-state index contributed by atoms with van der Waals surface area (Å²) in [5, 5.41) is 6.60. The third kappa shape index (κ3) is 4.13. The van der Waals surface area contributed by atoms with Crippen molar-refractivity contribution in [2.45, 2.75) is 13.0 Å². The van der Waals surface area contributed by atoms with Gasteiger partial charge < -0.3 is 10.1 Å². The lowest BCUT2D eigenvalue weighted by Gasteiger charge is -2.14. The molecule has 0 fully saturated rings. The second kappa shape index (κ2) is 7.60. The minimum Gasteiger partial charge on any atom is -0.449 e. The van der Waals surface area contributed by atoms with E-state index in [0.717, 1.165) is 5.69 Å². The molecule has 2 aromatic carbocycles. The molecule has 1 atom stereocenters. The van der Waals surface area contributed by atoms with Crippen molar-refractivity contribution < 1.29 is 18.7 Å². The zero-order chi connectivity index (χ0) is 18.5. The molecule has 0 unspecified atom stereocenters. The van der Waals surface area contributed by atoms with Crippen LogP contribution in [0.1, 0.15) is 17.3 Å². The number of rotatable bonds is 5. The molecule has 0 aliphatic rings. The summed E-state index contributed by atoms with van der Waals surface area (Å²) in [5.41, 5.74) is 1.40. The van der Waals surface area contributed by atoms with Crippen molar-refractivity contribution in [1.29, 1.82) is 0 Å². The molecule has 0 saturated carbocycles. The summed E-state index contributed by atoms with van der Waals surface area (Å²) in [4.78, 5) is 24.3. The van der Waals surface area contributed by atoms with Gasteiger partial charge in [-0.1, -0.05) is 6.07 Å². The van der Waals surface area contributed by atoms with Gasteiger partial charge in [-0.05, 0) is 55.5 Å². The topological polar surface area (TPSA) is 73.2 Å². The molecule has 132 valence electrons.